The van der Waals surface area contributed by atoms with Crippen LogP contribution in [0.1, 0.15) is 46.7 Å². The van der Waals surface area contributed by atoms with Gasteiger partial charge in [0.05, 0.1) is 17.6 Å². The first-order chi connectivity index (χ1) is 14.3. The molecule has 1 fully saturated rings. The van der Waals surface area contributed by atoms with E-state index >= 15 is 0 Å². The predicted molar refractivity (Wildman–Crippen MR) is 122 cm³/mol. The van der Waals surface area contributed by atoms with E-state index in [1.807, 2.05) is 52.8 Å². The van der Waals surface area contributed by atoms with Gasteiger partial charge in [-0.25, -0.2) is 4.79 Å². The van der Waals surface area contributed by atoms with Crippen LogP contribution in [-0.4, -0.2) is 46.7 Å². The summed E-state index contributed by atoms with van der Waals surface area (Å²) >= 11 is 1.42. The highest BCUT2D eigenvalue weighted by Gasteiger charge is 2.32. The first-order valence-corrected chi connectivity index (χ1v) is 10.8. The standard InChI is InChI=1S/C23H27N3O3S/c1-7-24-23-25(8-2)21(27)20(30-23)13-17-12-14(3)26(16(17)5)19-11-9-10-18(15(19)4)22(28)29-6/h9-13H,7-8H2,1-6H3/b20-13+,24-23?. The lowest BCUT2D eigenvalue weighted by Gasteiger charge is -2.15. The summed E-state index contributed by atoms with van der Waals surface area (Å²) in [7, 11) is 1.39. The largest absolute Gasteiger partial charge is 0.465 e. The third-order valence-corrected chi connectivity index (χ3v) is 6.25. The molecule has 0 bridgehead atoms. The van der Waals surface area contributed by atoms with Crippen LogP contribution in [0.4, 0.5) is 0 Å². The quantitative estimate of drug-likeness (QED) is 0.523. The van der Waals surface area contributed by atoms with Crippen LogP contribution in [0.2, 0.25) is 0 Å². The van der Waals surface area contributed by atoms with Crippen molar-refractivity contribution in [3.05, 3.63) is 57.2 Å². The molecule has 0 atom stereocenters. The van der Waals surface area contributed by atoms with Crippen molar-refractivity contribution in [2.24, 2.45) is 4.99 Å². The van der Waals surface area contributed by atoms with Crippen LogP contribution < -0.4 is 0 Å². The minimum absolute atomic E-state index is 0.0108. The Kier molecular flexibility index (Phi) is 6.51. The molecule has 1 saturated heterocycles. The molecule has 0 radical (unpaired) electrons. The highest BCUT2D eigenvalue weighted by molar-refractivity contribution is 8.18. The maximum Gasteiger partial charge on any atom is 0.338 e. The summed E-state index contributed by atoms with van der Waals surface area (Å²) in [6.07, 6.45) is 1.94. The van der Waals surface area contributed by atoms with E-state index in [0.29, 0.717) is 23.6 Å². The molecule has 0 unspecified atom stereocenters. The van der Waals surface area contributed by atoms with E-state index in [1.54, 1.807) is 11.0 Å². The molecular formula is C23H27N3O3S. The first kappa shape index (κ1) is 21.9. The molecule has 2 heterocycles. The molecule has 0 saturated carbocycles. The molecule has 6 nitrogen and oxygen atoms in total. The molecule has 30 heavy (non-hydrogen) atoms. The molecule has 158 valence electrons. The minimum Gasteiger partial charge on any atom is -0.465 e. The van der Waals surface area contributed by atoms with Crippen molar-refractivity contribution in [1.29, 1.82) is 0 Å². The lowest BCUT2D eigenvalue weighted by atomic mass is 10.1. The summed E-state index contributed by atoms with van der Waals surface area (Å²) in [5, 5.41) is 0.756. The normalized spacial score (nSPS) is 16.7. The molecule has 7 heteroatoms. The van der Waals surface area contributed by atoms with E-state index in [9.17, 15) is 9.59 Å². The number of ether oxygens (including phenoxy) is 1. The van der Waals surface area contributed by atoms with Crippen molar-refractivity contribution in [1.82, 2.24) is 9.47 Å². The van der Waals surface area contributed by atoms with Gasteiger partial charge in [-0.3, -0.25) is 14.7 Å². The molecular weight excluding hydrogens is 398 g/mol. The number of hydrogen-bond donors (Lipinski definition) is 0. The van der Waals surface area contributed by atoms with Gasteiger partial charge < -0.3 is 9.30 Å². The van der Waals surface area contributed by atoms with Crippen molar-refractivity contribution in [3.8, 4) is 5.69 Å². The minimum atomic E-state index is -0.352. The second-order valence-electron chi connectivity index (χ2n) is 7.02. The monoisotopic (exact) mass is 425 g/mol. The number of carbonyl (C=O) groups excluding carboxylic acids is 2. The Bertz CT molecular complexity index is 1070. The van der Waals surface area contributed by atoms with E-state index in [2.05, 4.69) is 15.6 Å². The van der Waals surface area contributed by atoms with Crippen LogP contribution in [0.15, 0.2) is 34.2 Å². The summed E-state index contributed by atoms with van der Waals surface area (Å²) in [5.74, 6) is -0.363. The number of amides is 1. The van der Waals surface area contributed by atoms with Gasteiger partial charge in [-0.15, -0.1) is 0 Å². The molecule has 2 aromatic rings. The highest BCUT2D eigenvalue weighted by atomic mass is 32.2. The third-order valence-electron chi connectivity index (χ3n) is 5.21. The summed E-state index contributed by atoms with van der Waals surface area (Å²) in [6, 6.07) is 7.67. The van der Waals surface area contributed by atoms with Gasteiger partial charge in [-0.2, -0.15) is 0 Å². The number of likely N-dealkylation sites (N-methyl/N-ethyl adjacent to an activating group) is 1. The van der Waals surface area contributed by atoms with Crippen molar-refractivity contribution in [3.63, 3.8) is 0 Å². The fraction of sp³-hybridized carbons (Fsp3) is 0.348. The molecule has 1 aliphatic rings. The van der Waals surface area contributed by atoms with Crippen molar-refractivity contribution in [2.45, 2.75) is 34.6 Å². The van der Waals surface area contributed by atoms with Gasteiger partial charge in [0.25, 0.3) is 5.91 Å². The zero-order chi connectivity index (χ0) is 22.0. The number of aliphatic imine (C=N–C) groups is 1. The number of nitrogens with zero attached hydrogens (tertiary/aromatic N) is 3. The SMILES string of the molecule is CCN=C1S/C(=C/c2cc(C)n(-c3cccc(C(=O)OC)c3C)c2C)C(=O)N1CC. The summed E-state index contributed by atoms with van der Waals surface area (Å²) in [6.45, 7) is 11.1. The Morgan fingerprint density at radius 2 is 1.97 bits per heavy atom. The van der Waals surface area contributed by atoms with E-state index in [0.717, 1.165) is 33.4 Å². The van der Waals surface area contributed by atoms with E-state index in [-0.39, 0.29) is 11.9 Å². The zero-order valence-corrected chi connectivity index (χ0v) is 19.1. The van der Waals surface area contributed by atoms with Gasteiger partial charge in [0.15, 0.2) is 5.17 Å². The number of rotatable bonds is 5. The van der Waals surface area contributed by atoms with Gasteiger partial charge in [0.2, 0.25) is 0 Å². The number of methoxy groups -OCH3 is 1. The van der Waals surface area contributed by atoms with Gasteiger partial charge in [-0.05, 0) is 81.8 Å². The molecule has 3 rings (SSSR count). The summed E-state index contributed by atoms with van der Waals surface area (Å²) in [4.78, 5) is 31.7. The lowest BCUT2D eigenvalue weighted by molar-refractivity contribution is -0.122. The van der Waals surface area contributed by atoms with Crippen molar-refractivity contribution in [2.75, 3.05) is 20.2 Å². The number of hydrogen-bond acceptors (Lipinski definition) is 5. The topological polar surface area (TPSA) is 63.9 Å². The first-order valence-electron chi connectivity index (χ1n) is 9.97. The Labute approximate surface area is 181 Å². The fourth-order valence-electron chi connectivity index (χ4n) is 3.68. The molecule has 0 N–H and O–H groups in total. The van der Waals surface area contributed by atoms with Gasteiger partial charge in [0, 0.05) is 30.2 Å². The number of esters is 1. The van der Waals surface area contributed by atoms with Crippen LogP contribution in [0.5, 0.6) is 0 Å². The number of carbonyl (C=O) groups is 2. The van der Waals surface area contributed by atoms with Crippen LogP contribution in [0, 0.1) is 20.8 Å². The third kappa shape index (κ3) is 3.81. The van der Waals surface area contributed by atoms with E-state index in [1.165, 1.54) is 18.9 Å². The fourth-order valence-corrected chi connectivity index (χ4v) is 4.78. The lowest BCUT2D eigenvalue weighted by Crippen LogP contribution is -2.28. The number of benzene rings is 1. The molecule has 1 amide bonds. The van der Waals surface area contributed by atoms with Crippen LogP contribution in [0.25, 0.3) is 11.8 Å². The highest BCUT2D eigenvalue weighted by Crippen LogP contribution is 2.34. The molecule has 1 aromatic carbocycles. The second kappa shape index (κ2) is 8.92. The smallest absolute Gasteiger partial charge is 0.338 e. The van der Waals surface area contributed by atoms with E-state index in [4.69, 9.17) is 4.74 Å². The summed E-state index contributed by atoms with van der Waals surface area (Å²) < 4.78 is 7.02. The molecule has 1 aromatic heterocycles. The summed E-state index contributed by atoms with van der Waals surface area (Å²) in [5.41, 5.74) is 5.32. The number of amidine groups is 1. The molecule has 1 aliphatic heterocycles. The Balaban J connectivity index is 2.06. The van der Waals surface area contributed by atoms with Crippen LogP contribution in [-0.2, 0) is 9.53 Å². The zero-order valence-electron chi connectivity index (χ0n) is 18.3. The van der Waals surface area contributed by atoms with E-state index < -0.39 is 0 Å². The second-order valence-corrected chi connectivity index (χ2v) is 8.03. The van der Waals surface area contributed by atoms with Crippen LogP contribution >= 0.6 is 11.8 Å². The van der Waals surface area contributed by atoms with Crippen molar-refractivity contribution < 1.29 is 14.3 Å². The van der Waals surface area contributed by atoms with Crippen LogP contribution in [0.3, 0.4) is 0 Å². The Morgan fingerprint density at radius 1 is 1.23 bits per heavy atom. The van der Waals surface area contributed by atoms with Gasteiger partial charge in [0.1, 0.15) is 0 Å². The number of thioether (sulfide) groups is 1. The number of aryl methyl sites for hydroxylation is 1. The Morgan fingerprint density at radius 3 is 2.60 bits per heavy atom. The van der Waals surface area contributed by atoms with Gasteiger partial charge >= 0.3 is 5.97 Å². The maximum atomic E-state index is 12.8. The molecule has 0 aliphatic carbocycles. The predicted octanol–water partition coefficient (Wildman–Crippen LogP) is 4.50. The molecule has 0 spiro atoms. The number of aromatic nitrogens is 1. The van der Waals surface area contributed by atoms with Gasteiger partial charge in [-0.1, -0.05) is 6.07 Å². The van der Waals surface area contributed by atoms with Crippen molar-refractivity contribution >= 4 is 34.9 Å². The maximum absolute atomic E-state index is 12.8. The average Bonchev–Trinajstić information content (AvgIpc) is 3.17. The average molecular weight is 426 g/mol. The Hall–Kier alpha value is -2.80.